The molecule has 0 atom stereocenters. The number of para-hydroxylation sites is 1. The van der Waals surface area contributed by atoms with E-state index in [1.54, 1.807) is 0 Å². The van der Waals surface area contributed by atoms with Gasteiger partial charge in [-0.15, -0.1) is 0 Å². The van der Waals surface area contributed by atoms with E-state index in [2.05, 4.69) is 83.3 Å². The lowest BCUT2D eigenvalue weighted by atomic mass is 10.1. The van der Waals surface area contributed by atoms with Gasteiger partial charge in [0.15, 0.2) is 0 Å². The number of hydrogen-bond donors (Lipinski definition) is 1. The highest BCUT2D eigenvalue weighted by molar-refractivity contribution is 5.64. The van der Waals surface area contributed by atoms with Crippen molar-refractivity contribution in [1.29, 1.82) is 0 Å². The second-order valence-corrected chi connectivity index (χ2v) is 7.45. The molecule has 0 saturated carbocycles. The van der Waals surface area contributed by atoms with Crippen molar-refractivity contribution in [3.05, 3.63) is 71.4 Å². The number of nitrogens with one attached hydrogen (secondary N) is 1. The van der Waals surface area contributed by atoms with Crippen molar-refractivity contribution < 1.29 is 0 Å². The van der Waals surface area contributed by atoms with Crippen molar-refractivity contribution in [2.75, 3.05) is 41.3 Å². The molecule has 2 heterocycles. The molecule has 28 heavy (non-hydrogen) atoms. The molecule has 1 N–H and O–H groups in total. The van der Waals surface area contributed by atoms with Gasteiger partial charge in [0.25, 0.3) is 0 Å². The highest BCUT2D eigenvalue weighted by Crippen LogP contribution is 2.25. The molecule has 0 unspecified atom stereocenters. The number of hydrogen-bond acceptors (Lipinski definition) is 5. The normalized spacial score (nSPS) is 14.2. The third kappa shape index (κ3) is 3.93. The second-order valence-electron chi connectivity index (χ2n) is 7.45. The fourth-order valence-electron chi connectivity index (χ4n) is 3.91. The van der Waals surface area contributed by atoms with Gasteiger partial charge in [0.05, 0.1) is 0 Å². The number of anilines is 4. The molecule has 1 aliphatic rings. The first-order valence-corrected chi connectivity index (χ1v) is 9.83. The van der Waals surface area contributed by atoms with Crippen LogP contribution in [0.1, 0.15) is 16.7 Å². The number of rotatable bonds is 4. The minimum absolute atomic E-state index is 0.651. The van der Waals surface area contributed by atoms with Crippen LogP contribution in [0, 0.1) is 20.8 Å². The van der Waals surface area contributed by atoms with Crippen molar-refractivity contribution in [1.82, 2.24) is 9.97 Å². The highest BCUT2D eigenvalue weighted by atomic mass is 15.3. The largest absolute Gasteiger partial charge is 0.368 e. The summed E-state index contributed by atoms with van der Waals surface area (Å²) in [5.41, 5.74) is 6.08. The summed E-state index contributed by atoms with van der Waals surface area (Å²) in [6.07, 6.45) is 1.84. The van der Waals surface area contributed by atoms with Crippen molar-refractivity contribution in [2.45, 2.75) is 20.8 Å². The summed E-state index contributed by atoms with van der Waals surface area (Å²) in [4.78, 5) is 14.0. The van der Waals surface area contributed by atoms with E-state index in [0.29, 0.717) is 5.95 Å². The lowest BCUT2D eigenvalue weighted by Crippen LogP contribution is -2.46. The number of piperazine rings is 1. The highest BCUT2D eigenvalue weighted by Gasteiger charge is 2.19. The Kier molecular flexibility index (Phi) is 5.15. The van der Waals surface area contributed by atoms with E-state index in [-0.39, 0.29) is 0 Å². The van der Waals surface area contributed by atoms with Gasteiger partial charge in [-0.25, -0.2) is 4.98 Å². The Morgan fingerprint density at radius 2 is 1.46 bits per heavy atom. The molecule has 0 spiro atoms. The van der Waals surface area contributed by atoms with Crippen LogP contribution < -0.4 is 15.1 Å². The Hall–Kier alpha value is -3.08. The first-order valence-electron chi connectivity index (χ1n) is 9.83. The first-order chi connectivity index (χ1) is 13.6. The maximum atomic E-state index is 4.78. The zero-order valence-corrected chi connectivity index (χ0v) is 16.8. The van der Waals surface area contributed by atoms with Crippen LogP contribution in [0.25, 0.3) is 0 Å². The molecular weight excluding hydrogens is 346 g/mol. The molecule has 5 nitrogen and oxygen atoms in total. The Balaban J connectivity index is 1.46. The number of aryl methyl sites for hydroxylation is 3. The fourth-order valence-corrected chi connectivity index (χ4v) is 3.91. The van der Waals surface area contributed by atoms with Crippen LogP contribution in [0.3, 0.4) is 0 Å². The van der Waals surface area contributed by atoms with Gasteiger partial charge in [0.2, 0.25) is 5.95 Å². The molecule has 1 fully saturated rings. The van der Waals surface area contributed by atoms with Gasteiger partial charge in [-0.1, -0.05) is 35.9 Å². The third-order valence-corrected chi connectivity index (χ3v) is 5.28. The zero-order valence-electron chi connectivity index (χ0n) is 16.8. The molecule has 4 rings (SSSR count). The van der Waals surface area contributed by atoms with Crippen molar-refractivity contribution in [3.63, 3.8) is 0 Å². The molecule has 0 bridgehead atoms. The summed E-state index contributed by atoms with van der Waals surface area (Å²) >= 11 is 0. The SMILES string of the molecule is Cc1cc(C)c(Nc2nccc(N3CCN(c4ccccc4)CC3)n2)c(C)c1. The van der Waals surface area contributed by atoms with Crippen molar-refractivity contribution in [3.8, 4) is 0 Å². The molecule has 3 aromatic rings. The molecule has 1 aromatic heterocycles. The van der Waals surface area contributed by atoms with Gasteiger partial charge < -0.3 is 15.1 Å². The van der Waals surface area contributed by atoms with E-state index in [1.165, 1.54) is 22.4 Å². The predicted octanol–water partition coefficient (Wildman–Crippen LogP) is 4.47. The van der Waals surface area contributed by atoms with Crippen molar-refractivity contribution in [2.24, 2.45) is 0 Å². The quantitative estimate of drug-likeness (QED) is 0.731. The molecule has 0 radical (unpaired) electrons. The summed E-state index contributed by atoms with van der Waals surface area (Å²) in [5, 5.41) is 3.42. The van der Waals surface area contributed by atoms with Crippen LogP contribution >= 0.6 is 0 Å². The van der Waals surface area contributed by atoms with Gasteiger partial charge >= 0.3 is 0 Å². The topological polar surface area (TPSA) is 44.3 Å². The summed E-state index contributed by atoms with van der Waals surface area (Å²) in [6.45, 7) is 10.3. The number of nitrogens with zero attached hydrogens (tertiary/aromatic N) is 4. The number of benzene rings is 2. The summed E-state index contributed by atoms with van der Waals surface area (Å²) < 4.78 is 0. The predicted molar refractivity (Wildman–Crippen MR) is 117 cm³/mol. The van der Waals surface area contributed by atoms with Gasteiger partial charge in [0, 0.05) is 43.8 Å². The molecule has 1 aliphatic heterocycles. The van der Waals surface area contributed by atoms with Crippen molar-refractivity contribution >= 4 is 23.1 Å². The standard InChI is InChI=1S/C23H27N5/c1-17-15-18(2)22(19(3)16-17)26-23-24-10-9-21(25-23)28-13-11-27(12-14-28)20-7-5-4-6-8-20/h4-10,15-16H,11-14H2,1-3H3,(H,24,25,26). The molecule has 1 saturated heterocycles. The molecule has 144 valence electrons. The minimum atomic E-state index is 0.651. The summed E-state index contributed by atoms with van der Waals surface area (Å²) in [5.74, 6) is 1.63. The fraction of sp³-hybridized carbons (Fsp3) is 0.304. The molecule has 5 heteroatoms. The van der Waals surface area contributed by atoms with Crippen LogP contribution in [0.4, 0.5) is 23.1 Å². The van der Waals surface area contributed by atoms with E-state index < -0.39 is 0 Å². The van der Waals surface area contributed by atoms with E-state index >= 15 is 0 Å². The van der Waals surface area contributed by atoms with Crippen LogP contribution in [0.5, 0.6) is 0 Å². The van der Waals surface area contributed by atoms with E-state index in [1.807, 2.05) is 12.3 Å². The molecule has 0 aliphatic carbocycles. The third-order valence-electron chi connectivity index (χ3n) is 5.28. The van der Waals surface area contributed by atoms with Crippen LogP contribution in [0.15, 0.2) is 54.7 Å². The molecule has 0 amide bonds. The maximum absolute atomic E-state index is 4.78. The van der Waals surface area contributed by atoms with E-state index in [0.717, 1.165) is 37.7 Å². The lowest BCUT2D eigenvalue weighted by molar-refractivity contribution is 0.647. The van der Waals surface area contributed by atoms with Gasteiger partial charge in [-0.2, -0.15) is 4.98 Å². The lowest BCUT2D eigenvalue weighted by Gasteiger charge is -2.36. The van der Waals surface area contributed by atoms with Crippen LogP contribution in [-0.2, 0) is 0 Å². The van der Waals surface area contributed by atoms with Gasteiger partial charge in [-0.05, 0) is 50.1 Å². The monoisotopic (exact) mass is 373 g/mol. The maximum Gasteiger partial charge on any atom is 0.229 e. The summed E-state index contributed by atoms with van der Waals surface area (Å²) in [7, 11) is 0. The molecule has 2 aromatic carbocycles. The van der Waals surface area contributed by atoms with Gasteiger partial charge in [-0.3, -0.25) is 0 Å². The van der Waals surface area contributed by atoms with Crippen LogP contribution in [0.2, 0.25) is 0 Å². The van der Waals surface area contributed by atoms with Gasteiger partial charge in [0.1, 0.15) is 5.82 Å². The average Bonchev–Trinajstić information content (AvgIpc) is 2.72. The Morgan fingerprint density at radius 3 is 2.14 bits per heavy atom. The Labute approximate surface area is 167 Å². The van der Waals surface area contributed by atoms with E-state index in [9.17, 15) is 0 Å². The minimum Gasteiger partial charge on any atom is -0.368 e. The molecular formula is C23H27N5. The Bertz CT molecular complexity index is 923. The first kappa shape index (κ1) is 18.3. The zero-order chi connectivity index (χ0) is 19.5. The van der Waals surface area contributed by atoms with Crippen LogP contribution in [-0.4, -0.2) is 36.1 Å². The van der Waals surface area contributed by atoms with E-state index in [4.69, 9.17) is 4.98 Å². The second kappa shape index (κ2) is 7.89. The Morgan fingerprint density at radius 1 is 0.821 bits per heavy atom. The summed E-state index contributed by atoms with van der Waals surface area (Å²) in [6, 6.07) is 17.0. The smallest absolute Gasteiger partial charge is 0.229 e. The average molecular weight is 374 g/mol. The number of aromatic nitrogens is 2.